The van der Waals surface area contributed by atoms with Crippen LogP contribution in [0.2, 0.25) is 0 Å². The second kappa shape index (κ2) is 9.04. The van der Waals surface area contributed by atoms with Gasteiger partial charge < -0.3 is 15.4 Å². The molecule has 2 amide bonds. The van der Waals surface area contributed by atoms with Crippen LogP contribution in [0.15, 0.2) is 54.6 Å². The summed E-state index contributed by atoms with van der Waals surface area (Å²) in [5.41, 5.74) is 0.925. The summed E-state index contributed by atoms with van der Waals surface area (Å²) in [4.78, 5) is 24.8. The lowest BCUT2D eigenvalue weighted by atomic mass is 9.91. The number of amides is 2. The minimum absolute atomic E-state index is 0.286. The van der Waals surface area contributed by atoms with E-state index in [1.807, 2.05) is 54.6 Å². The number of benzene rings is 2. The highest BCUT2D eigenvalue weighted by Gasteiger charge is 2.35. The van der Waals surface area contributed by atoms with Gasteiger partial charge in [0.05, 0.1) is 7.11 Å². The Labute approximate surface area is 154 Å². The van der Waals surface area contributed by atoms with Crippen LogP contribution >= 0.6 is 0 Å². The van der Waals surface area contributed by atoms with Crippen molar-refractivity contribution in [3.05, 3.63) is 65.7 Å². The number of carbonyl (C=O) groups is 2. The Balaban J connectivity index is 1.83. The monoisotopic (exact) mass is 354 g/mol. The Bertz CT molecular complexity index is 742. The van der Waals surface area contributed by atoms with Gasteiger partial charge in [-0.3, -0.25) is 9.59 Å². The summed E-state index contributed by atoms with van der Waals surface area (Å²) in [6.07, 6.45) is 0.671. The number of carbonyl (C=O) groups excluding carboxylic acids is 2. The first-order valence-corrected chi connectivity index (χ1v) is 8.67. The highest BCUT2D eigenvalue weighted by molar-refractivity contribution is 6.04. The number of ether oxygens (including phenoxy) is 1. The molecule has 138 valence electrons. The number of hydrogen-bond acceptors (Lipinski definition) is 3. The fraction of sp³-hybridized carbons (Fsp3) is 0.333. The van der Waals surface area contributed by atoms with Crippen molar-refractivity contribution in [3.8, 4) is 5.75 Å². The molecule has 0 radical (unpaired) electrons. The smallest absolute Gasteiger partial charge is 0.235 e. The molecule has 2 aromatic rings. The van der Waals surface area contributed by atoms with Gasteiger partial charge in [-0.2, -0.15) is 0 Å². The molecule has 2 aromatic carbocycles. The molecule has 0 aromatic heterocycles. The lowest BCUT2D eigenvalue weighted by molar-refractivity contribution is -0.141. The van der Waals surface area contributed by atoms with E-state index >= 15 is 0 Å². The Morgan fingerprint density at radius 1 is 0.923 bits per heavy atom. The van der Waals surface area contributed by atoms with Crippen LogP contribution in [-0.4, -0.2) is 25.5 Å². The maximum atomic E-state index is 12.4. The Hall–Kier alpha value is -2.82. The van der Waals surface area contributed by atoms with E-state index in [1.165, 1.54) is 0 Å². The minimum Gasteiger partial charge on any atom is -0.497 e. The van der Waals surface area contributed by atoms with Gasteiger partial charge in [-0.05, 0) is 43.5 Å². The van der Waals surface area contributed by atoms with Gasteiger partial charge in [-0.1, -0.05) is 42.5 Å². The van der Waals surface area contributed by atoms with E-state index in [1.54, 1.807) is 21.0 Å². The van der Waals surface area contributed by atoms with Crippen molar-refractivity contribution in [2.75, 3.05) is 13.7 Å². The number of nitrogens with one attached hydrogen (secondary N) is 2. The van der Waals surface area contributed by atoms with Gasteiger partial charge in [-0.25, -0.2) is 0 Å². The first-order chi connectivity index (χ1) is 12.4. The van der Waals surface area contributed by atoms with Crippen LogP contribution in [-0.2, 0) is 22.6 Å². The van der Waals surface area contributed by atoms with Gasteiger partial charge in [0.1, 0.15) is 11.2 Å². The lowest BCUT2D eigenvalue weighted by Gasteiger charge is -2.22. The zero-order valence-electron chi connectivity index (χ0n) is 15.5. The Morgan fingerprint density at radius 3 is 2.27 bits per heavy atom. The molecule has 2 N–H and O–H groups in total. The van der Waals surface area contributed by atoms with Gasteiger partial charge in [0.25, 0.3) is 0 Å². The van der Waals surface area contributed by atoms with Crippen molar-refractivity contribution in [3.63, 3.8) is 0 Å². The lowest BCUT2D eigenvalue weighted by Crippen LogP contribution is -2.48. The first-order valence-electron chi connectivity index (χ1n) is 8.67. The van der Waals surface area contributed by atoms with E-state index in [0.717, 1.165) is 16.9 Å². The average Bonchev–Trinajstić information content (AvgIpc) is 2.66. The molecule has 0 aliphatic carbocycles. The fourth-order valence-electron chi connectivity index (χ4n) is 2.47. The van der Waals surface area contributed by atoms with Crippen LogP contribution in [0.4, 0.5) is 0 Å². The molecule has 26 heavy (non-hydrogen) atoms. The highest BCUT2D eigenvalue weighted by atomic mass is 16.5. The molecule has 0 aliphatic heterocycles. The summed E-state index contributed by atoms with van der Waals surface area (Å²) in [5, 5.41) is 5.67. The van der Waals surface area contributed by atoms with Gasteiger partial charge >= 0.3 is 0 Å². The molecule has 0 aliphatic rings. The summed E-state index contributed by atoms with van der Waals surface area (Å²) in [6.45, 7) is 4.13. The predicted octanol–water partition coefficient (Wildman–Crippen LogP) is 2.70. The molecule has 0 atom stereocenters. The van der Waals surface area contributed by atoms with Crippen LogP contribution in [0.25, 0.3) is 0 Å². The molecular formula is C21H26N2O3. The molecule has 2 rings (SSSR count). The zero-order valence-corrected chi connectivity index (χ0v) is 15.5. The second-order valence-electron chi connectivity index (χ2n) is 6.65. The van der Waals surface area contributed by atoms with Crippen molar-refractivity contribution >= 4 is 11.8 Å². The van der Waals surface area contributed by atoms with Crippen molar-refractivity contribution < 1.29 is 14.3 Å². The summed E-state index contributed by atoms with van der Waals surface area (Å²) in [5.74, 6) is 0.209. The maximum absolute atomic E-state index is 12.4. The number of hydrogen-bond donors (Lipinski definition) is 2. The van der Waals surface area contributed by atoms with E-state index in [-0.39, 0.29) is 11.8 Å². The summed E-state index contributed by atoms with van der Waals surface area (Å²) in [6, 6.07) is 17.3. The molecule has 5 nitrogen and oxygen atoms in total. The maximum Gasteiger partial charge on any atom is 0.235 e. The van der Waals surface area contributed by atoms with E-state index in [4.69, 9.17) is 4.74 Å². The number of methoxy groups -OCH3 is 1. The van der Waals surface area contributed by atoms with Gasteiger partial charge in [0, 0.05) is 13.1 Å². The van der Waals surface area contributed by atoms with Gasteiger partial charge in [0.2, 0.25) is 11.8 Å². The Kier molecular flexibility index (Phi) is 6.78. The molecular weight excluding hydrogens is 328 g/mol. The second-order valence-corrected chi connectivity index (χ2v) is 6.65. The SMILES string of the molecule is COc1cccc(CCNC(=O)C(C)(C)C(=O)NCc2ccccc2)c1. The third-order valence-electron chi connectivity index (χ3n) is 4.26. The summed E-state index contributed by atoms with van der Waals surface area (Å²) >= 11 is 0. The standard InChI is InChI=1S/C21H26N2O3/c1-21(2,20(25)23-15-17-8-5-4-6-9-17)19(24)22-13-12-16-10-7-11-18(14-16)26-3/h4-11,14H,12-13,15H2,1-3H3,(H,22,24)(H,23,25). The molecule has 0 heterocycles. The molecule has 0 fully saturated rings. The average molecular weight is 354 g/mol. The topological polar surface area (TPSA) is 67.4 Å². The van der Waals surface area contributed by atoms with E-state index in [9.17, 15) is 9.59 Å². The Morgan fingerprint density at radius 2 is 1.58 bits per heavy atom. The van der Waals surface area contributed by atoms with Gasteiger partial charge in [-0.15, -0.1) is 0 Å². The molecule has 0 bridgehead atoms. The quantitative estimate of drug-likeness (QED) is 0.716. The summed E-state index contributed by atoms with van der Waals surface area (Å²) < 4.78 is 5.19. The minimum atomic E-state index is -1.14. The van der Waals surface area contributed by atoms with Crippen LogP contribution < -0.4 is 15.4 Å². The zero-order chi connectivity index (χ0) is 19.0. The van der Waals surface area contributed by atoms with Crippen LogP contribution in [0.1, 0.15) is 25.0 Å². The van der Waals surface area contributed by atoms with Crippen LogP contribution in [0.5, 0.6) is 5.75 Å². The normalized spacial score (nSPS) is 10.9. The van der Waals surface area contributed by atoms with E-state index < -0.39 is 5.41 Å². The summed E-state index contributed by atoms with van der Waals surface area (Å²) in [7, 11) is 1.62. The van der Waals surface area contributed by atoms with Crippen LogP contribution in [0, 0.1) is 5.41 Å². The molecule has 0 saturated heterocycles. The fourth-order valence-corrected chi connectivity index (χ4v) is 2.47. The van der Waals surface area contributed by atoms with E-state index in [2.05, 4.69) is 10.6 Å². The van der Waals surface area contributed by atoms with Crippen molar-refractivity contribution in [1.82, 2.24) is 10.6 Å². The molecule has 0 saturated carbocycles. The molecule has 0 spiro atoms. The molecule has 0 unspecified atom stereocenters. The predicted molar refractivity (Wildman–Crippen MR) is 102 cm³/mol. The largest absolute Gasteiger partial charge is 0.497 e. The first kappa shape index (κ1) is 19.5. The van der Waals surface area contributed by atoms with Crippen LogP contribution in [0.3, 0.4) is 0 Å². The molecule has 5 heteroatoms. The van der Waals surface area contributed by atoms with Crippen molar-refractivity contribution in [2.24, 2.45) is 5.41 Å². The highest BCUT2D eigenvalue weighted by Crippen LogP contribution is 2.16. The van der Waals surface area contributed by atoms with Crippen molar-refractivity contribution in [2.45, 2.75) is 26.8 Å². The van der Waals surface area contributed by atoms with Crippen molar-refractivity contribution in [1.29, 1.82) is 0 Å². The van der Waals surface area contributed by atoms with E-state index in [0.29, 0.717) is 19.5 Å². The third-order valence-corrected chi connectivity index (χ3v) is 4.26. The van der Waals surface area contributed by atoms with Gasteiger partial charge in [0.15, 0.2) is 0 Å². The number of rotatable bonds is 8. The third kappa shape index (κ3) is 5.34.